The Morgan fingerprint density at radius 1 is 0.457 bits per heavy atom. The summed E-state index contributed by atoms with van der Waals surface area (Å²) in [7, 11) is 0. The number of ether oxygens (including phenoxy) is 1. The highest BCUT2D eigenvalue weighted by Crippen LogP contribution is 2.27. The Labute approximate surface area is 230 Å². The van der Waals surface area contributed by atoms with Crippen LogP contribution < -0.4 is 4.74 Å². The lowest BCUT2D eigenvalue weighted by molar-refractivity contribution is 0.304. The zero-order chi connectivity index (χ0) is 25.0. The molecule has 0 aromatic heterocycles. The van der Waals surface area contributed by atoms with Crippen molar-refractivity contribution in [3.05, 3.63) is 54.6 Å². The van der Waals surface area contributed by atoms with Crippen LogP contribution in [-0.4, -0.2) is 12.6 Å². The molecular weight excluding hydrogens is 511 g/mol. The van der Waals surface area contributed by atoms with Crippen LogP contribution in [0.2, 0.25) is 6.04 Å². The first-order chi connectivity index (χ1) is 17.0. The zero-order valence-corrected chi connectivity index (χ0v) is 24.7. The van der Waals surface area contributed by atoms with Gasteiger partial charge in [-0.05, 0) is 35.7 Å². The average Bonchev–Trinajstić information content (AvgIpc) is 2.85. The molecule has 0 spiro atoms. The van der Waals surface area contributed by atoms with Gasteiger partial charge in [-0.25, -0.2) is 0 Å². The highest BCUT2D eigenvalue weighted by atomic mass is 35.8. The standard InChI is InChI=1S/C30H45Cl3OSi/c31-35(32,33)27-19-14-12-10-8-6-4-2-1-3-5-7-9-11-13-18-26-34-30-24-22-29(23-25-30)28-20-16-15-17-21-28/h15-17,20-25H,1-14,18-19,26-27H2. The van der Waals surface area contributed by atoms with Crippen molar-refractivity contribution in [3.8, 4) is 16.9 Å². The van der Waals surface area contributed by atoms with E-state index in [4.69, 9.17) is 38.0 Å². The van der Waals surface area contributed by atoms with Gasteiger partial charge in [-0.15, -0.1) is 33.2 Å². The Balaban J connectivity index is 1.30. The monoisotopic (exact) mass is 554 g/mol. The van der Waals surface area contributed by atoms with Crippen molar-refractivity contribution >= 4 is 39.2 Å². The highest BCUT2D eigenvalue weighted by molar-refractivity contribution is 7.64. The Morgan fingerprint density at radius 3 is 1.31 bits per heavy atom. The number of hydrogen-bond donors (Lipinski definition) is 0. The van der Waals surface area contributed by atoms with Crippen LogP contribution in [0.5, 0.6) is 5.75 Å². The van der Waals surface area contributed by atoms with E-state index in [2.05, 4.69) is 48.5 Å². The number of hydrogen-bond acceptors (Lipinski definition) is 1. The van der Waals surface area contributed by atoms with Crippen molar-refractivity contribution in [2.45, 2.75) is 109 Å². The van der Waals surface area contributed by atoms with Gasteiger partial charge in [0, 0.05) is 0 Å². The molecule has 0 fully saturated rings. The third-order valence-electron chi connectivity index (χ3n) is 6.58. The summed E-state index contributed by atoms with van der Waals surface area (Å²) >= 11 is 17.7. The summed E-state index contributed by atoms with van der Waals surface area (Å²) in [5, 5.41) is 0. The molecule has 0 aliphatic carbocycles. The van der Waals surface area contributed by atoms with Crippen LogP contribution in [0.4, 0.5) is 0 Å². The Morgan fingerprint density at radius 2 is 0.857 bits per heavy atom. The first kappa shape index (κ1) is 30.6. The molecule has 1 nitrogen and oxygen atoms in total. The second-order valence-electron chi connectivity index (χ2n) is 9.76. The van der Waals surface area contributed by atoms with Crippen LogP contribution >= 0.6 is 33.2 Å². The minimum absolute atomic E-state index is 0.816. The van der Waals surface area contributed by atoms with Gasteiger partial charge in [-0.2, -0.15) is 0 Å². The second kappa shape index (κ2) is 19.4. The van der Waals surface area contributed by atoms with Crippen molar-refractivity contribution < 1.29 is 4.74 Å². The summed E-state index contributed by atoms with van der Waals surface area (Å²) in [5.74, 6) is 0.975. The SMILES string of the molecule is Cl[Si](Cl)(Cl)CCCCCCCCCCCCCCCCCCOc1ccc(-c2ccccc2)cc1. The summed E-state index contributed by atoms with van der Waals surface area (Å²) in [6.07, 6.45) is 21.2. The number of rotatable bonds is 21. The Kier molecular flexibility index (Phi) is 17.0. The van der Waals surface area contributed by atoms with Crippen LogP contribution in [0.3, 0.4) is 0 Å². The van der Waals surface area contributed by atoms with Gasteiger partial charge in [0.2, 0.25) is 0 Å². The topological polar surface area (TPSA) is 9.23 Å². The van der Waals surface area contributed by atoms with Crippen molar-refractivity contribution in [1.82, 2.24) is 0 Å². The minimum atomic E-state index is -2.38. The third kappa shape index (κ3) is 16.6. The zero-order valence-electron chi connectivity index (χ0n) is 21.5. The van der Waals surface area contributed by atoms with Crippen LogP contribution in [0.15, 0.2) is 54.6 Å². The Hall–Kier alpha value is -0.673. The summed E-state index contributed by atoms with van der Waals surface area (Å²) in [6, 6.07) is 17.4. The fraction of sp³-hybridized carbons (Fsp3) is 0.600. The predicted octanol–water partition coefficient (Wildman–Crippen LogP) is 11.6. The molecule has 196 valence electrons. The van der Waals surface area contributed by atoms with Crippen molar-refractivity contribution in [2.24, 2.45) is 0 Å². The summed E-state index contributed by atoms with van der Waals surface area (Å²) < 4.78 is 5.92. The summed E-state index contributed by atoms with van der Waals surface area (Å²) in [6.45, 7) is 0.821. The lowest BCUT2D eigenvalue weighted by Crippen LogP contribution is -2.07. The minimum Gasteiger partial charge on any atom is -0.494 e. The van der Waals surface area contributed by atoms with Crippen molar-refractivity contribution in [1.29, 1.82) is 0 Å². The van der Waals surface area contributed by atoms with Gasteiger partial charge in [0.05, 0.1) is 6.61 Å². The summed E-state index contributed by atoms with van der Waals surface area (Å²) in [4.78, 5) is 0. The van der Waals surface area contributed by atoms with Crippen LogP contribution in [0.1, 0.15) is 103 Å². The number of unbranched alkanes of at least 4 members (excludes halogenated alkanes) is 15. The van der Waals surface area contributed by atoms with Gasteiger partial charge in [-0.3, -0.25) is 0 Å². The molecule has 0 N–H and O–H groups in total. The van der Waals surface area contributed by atoms with Gasteiger partial charge >= 0.3 is 6.00 Å². The van der Waals surface area contributed by atoms with E-state index in [1.54, 1.807) is 0 Å². The molecule has 35 heavy (non-hydrogen) atoms. The molecule has 2 aromatic carbocycles. The molecule has 0 amide bonds. The number of halogens is 3. The molecule has 0 aliphatic rings. The first-order valence-corrected chi connectivity index (χ1v) is 19.1. The van der Waals surface area contributed by atoms with Crippen LogP contribution in [0.25, 0.3) is 11.1 Å². The largest absolute Gasteiger partial charge is 0.494 e. The lowest BCUT2D eigenvalue weighted by atomic mass is 10.0. The Bertz CT molecular complexity index is 746. The third-order valence-corrected chi connectivity index (χ3v) is 9.21. The highest BCUT2D eigenvalue weighted by Gasteiger charge is 2.23. The molecule has 2 aromatic rings. The molecule has 5 heteroatoms. The van der Waals surface area contributed by atoms with Crippen molar-refractivity contribution in [3.63, 3.8) is 0 Å². The molecule has 0 unspecified atom stereocenters. The quantitative estimate of drug-likeness (QED) is 0.0845. The molecular formula is C30H45Cl3OSi. The summed E-state index contributed by atoms with van der Waals surface area (Å²) in [5.41, 5.74) is 2.48. The molecule has 0 bridgehead atoms. The fourth-order valence-electron chi connectivity index (χ4n) is 4.47. The molecule has 2 rings (SSSR count). The van der Waals surface area contributed by atoms with E-state index >= 15 is 0 Å². The van der Waals surface area contributed by atoms with Crippen LogP contribution in [0, 0.1) is 0 Å². The van der Waals surface area contributed by atoms with E-state index in [9.17, 15) is 0 Å². The van der Waals surface area contributed by atoms with Crippen molar-refractivity contribution in [2.75, 3.05) is 6.61 Å². The van der Waals surface area contributed by atoms with E-state index in [0.29, 0.717) is 0 Å². The van der Waals surface area contributed by atoms with Gasteiger partial charge in [0.15, 0.2) is 0 Å². The molecule has 0 aliphatic heterocycles. The van der Waals surface area contributed by atoms with E-state index in [1.165, 1.54) is 101 Å². The average molecular weight is 556 g/mol. The predicted molar refractivity (Wildman–Crippen MR) is 159 cm³/mol. The van der Waals surface area contributed by atoms with Gasteiger partial charge in [0.25, 0.3) is 0 Å². The lowest BCUT2D eigenvalue weighted by Gasteiger charge is -2.08. The van der Waals surface area contributed by atoms with E-state index < -0.39 is 6.00 Å². The van der Waals surface area contributed by atoms with Gasteiger partial charge in [0.1, 0.15) is 5.75 Å². The number of benzene rings is 2. The molecule has 0 saturated carbocycles. The normalized spacial score (nSPS) is 11.6. The maximum atomic E-state index is 5.92. The molecule has 0 saturated heterocycles. The van der Waals surface area contributed by atoms with E-state index in [-0.39, 0.29) is 0 Å². The molecule has 0 atom stereocenters. The second-order valence-corrected chi connectivity index (χ2v) is 19.0. The van der Waals surface area contributed by atoms with E-state index in [1.807, 2.05) is 6.07 Å². The molecule has 0 radical (unpaired) electrons. The van der Waals surface area contributed by atoms with Gasteiger partial charge < -0.3 is 4.74 Å². The molecule has 0 heterocycles. The van der Waals surface area contributed by atoms with Gasteiger partial charge in [-0.1, -0.05) is 139 Å². The first-order valence-electron chi connectivity index (χ1n) is 13.9. The van der Waals surface area contributed by atoms with E-state index in [0.717, 1.165) is 31.2 Å². The smallest absolute Gasteiger partial charge is 0.341 e. The fourth-order valence-corrected chi connectivity index (χ4v) is 6.32. The maximum absolute atomic E-state index is 5.92. The maximum Gasteiger partial charge on any atom is 0.341 e. The van der Waals surface area contributed by atoms with Crippen LogP contribution in [-0.2, 0) is 0 Å².